The van der Waals surface area contributed by atoms with Crippen LogP contribution in [0.3, 0.4) is 0 Å². The third-order valence-electron chi connectivity index (χ3n) is 3.96. The summed E-state index contributed by atoms with van der Waals surface area (Å²) in [6.45, 7) is 2.16. The van der Waals surface area contributed by atoms with Gasteiger partial charge in [-0.1, -0.05) is 62.3 Å². The molecule has 0 spiro atoms. The Bertz CT molecular complexity index is 462. The summed E-state index contributed by atoms with van der Waals surface area (Å²) >= 11 is 0. The molecule has 0 aromatic rings. The van der Waals surface area contributed by atoms with Crippen LogP contribution in [0.5, 0.6) is 0 Å². The fraction of sp³-hybridized carbons (Fsp3) is 0.550. The average molecular weight is 334 g/mol. The van der Waals surface area contributed by atoms with Gasteiger partial charge in [-0.15, -0.1) is 0 Å². The summed E-state index contributed by atoms with van der Waals surface area (Å²) in [6.07, 6.45) is 21.4. The van der Waals surface area contributed by atoms with E-state index in [0.717, 1.165) is 51.0 Å². The van der Waals surface area contributed by atoms with E-state index in [-0.39, 0.29) is 6.10 Å². The number of unbranched alkanes of at least 4 members (excludes halogenated alkanes) is 1. The van der Waals surface area contributed by atoms with E-state index < -0.39 is 5.97 Å². The van der Waals surface area contributed by atoms with E-state index in [0.29, 0.717) is 12.2 Å². The molecule has 0 radical (unpaired) electrons. The molecule has 3 unspecified atom stereocenters. The average Bonchev–Trinajstić information content (AvgIpc) is 3.31. The first-order valence-electron chi connectivity index (χ1n) is 8.86. The predicted molar refractivity (Wildman–Crippen MR) is 96.9 cm³/mol. The number of hydrogen-bond donors (Lipinski definition) is 2. The number of hydrogen-bond acceptors (Lipinski definition) is 3. The maximum atomic E-state index is 10.2. The number of rotatable bonds is 13. The minimum absolute atomic E-state index is 0.221. The Balaban J connectivity index is 1.96. The standard InChI is InChI=1S/C20H30O4/c1-2-18-19(24-18)15-12-11-14-17(21)13-9-7-5-3-4-6-8-10-16-20(22)23/h3-8,10,16-19,21H,2,9,11-15H2,1H3,(H,22,23). The highest BCUT2D eigenvalue weighted by Gasteiger charge is 2.35. The van der Waals surface area contributed by atoms with Crippen molar-refractivity contribution in [2.75, 3.05) is 0 Å². The summed E-state index contributed by atoms with van der Waals surface area (Å²) in [5.74, 6) is -0.951. The van der Waals surface area contributed by atoms with Crippen LogP contribution in [-0.2, 0) is 9.53 Å². The van der Waals surface area contributed by atoms with E-state index in [9.17, 15) is 9.90 Å². The molecule has 24 heavy (non-hydrogen) atoms. The zero-order valence-corrected chi connectivity index (χ0v) is 14.5. The smallest absolute Gasteiger partial charge is 0.328 e. The molecule has 0 amide bonds. The number of carbonyl (C=O) groups is 1. The fourth-order valence-corrected chi connectivity index (χ4v) is 2.52. The van der Waals surface area contributed by atoms with E-state index in [4.69, 9.17) is 9.84 Å². The molecule has 0 saturated carbocycles. The van der Waals surface area contributed by atoms with Gasteiger partial charge in [0.15, 0.2) is 0 Å². The first-order valence-corrected chi connectivity index (χ1v) is 8.86. The number of ether oxygens (including phenoxy) is 1. The molecule has 4 nitrogen and oxygen atoms in total. The van der Waals surface area contributed by atoms with E-state index in [1.54, 1.807) is 12.2 Å². The third-order valence-corrected chi connectivity index (χ3v) is 3.96. The predicted octanol–water partition coefficient (Wildman–Crippen LogP) is 4.17. The Morgan fingerprint density at radius 1 is 1.04 bits per heavy atom. The zero-order valence-electron chi connectivity index (χ0n) is 14.5. The molecule has 1 saturated heterocycles. The van der Waals surface area contributed by atoms with Crippen molar-refractivity contribution in [3.63, 3.8) is 0 Å². The van der Waals surface area contributed by atoms with E-state index in [1.807, 2.05) is 24.3 Å². The van der Waals surface area contributed by atoms with Crippen molar-refractivity contribution in [3.8, 4) is 0 Å². The van der Waals surface area contributed by atoms with Crippen LogP contribution in [0.2, 0.25) is 0 Å². The Labute approximate surface area is 145 Å². The van der Waals surface area contributed by atoms with Gasteiger partial charge in [0.1, 0.15) is 0 Å². The second-order valence-electron chi connectivity index (χ2n) is 6.03. The van der Waals surface area contributed by atoms with Crippen molar-refractivity contribution in [1.29, 1.82) is 0 Å². The molecular weight excluding hydrogens is 304 g/mol. The van der Waals surface area contributed by atoms with Gasteiger partial charge in [0.25, 0.3) is 0 Å². The summed E-state index contributed by atoms with van der Waals surface area (Å²) < 4.78 is 5.50. The number of aliphatic hydroxyl groups excluding tert-OH is 1. The van der Waals surface area contributed by atoms with Crippen molar-refractivity contribution in [2.45, 2.75) is 70.2 Å². The molecule has 1 aliphatic rings. The number of aliphatic carboxylic acids is 1. The van der Waals surface area contributed by atoms with E-state index in [1.165, 1.54) is 6.08 Å². The lowest BCUT2D eigenvalue weighted by Crippen LogP contribution is -2.05. The first-order chi connectivity index (χ1) is 11.6. The SMILES string of the molecule is CCC1OC1CCCCC(O)CCC=CC=CC=CC=CC(=O)O. The number of aliphatic hydroxyl groups is 1. The topological polar surface area (TPSA) is 70.1 Å². The molecule has 1 rings (SSSR count). The molecular formula is C20H30O4. The van der Waals surface area contributed by atoms with Gasteiger partial charge in [0.05, 0.1) is 18.3 Å². The molecule has 3 atom stereocenters. The van der Waals surface area contributed by atoms with Crippen LogP contribution in [0.25, 0.3) is 0 Å². The summed E-state index contributed by atoms with van der Waals surface area (Å²) in [6, 6.07) is 0. The molecule has 134 valence electrons. The molecule has 1 aliphatic heterocycles. The van der Waals surface area contributed by atoms with Crippen molar-refractivity contribution < 1.29 is 19.7 Å². The van der Waals surface area contributed by atoms with Gasteiger partial charge in [-0.25, -0.2) is 4.79 Å². The van der Waals surface area contributed by atoms with Gasteiger partial charge in [-0.05, 0) is 32.1 Å². The number of epoxide rings is 1. The van der Waals surface area contributed by atoms with Crippen molar-refractivity contribution in [1.82, 2.24) is 0 Å². The van der Waals surface area contributed by atoms with Crippen LogP contribution in [0.15, 0.2) is 48.6 Å². The summed E-state index contributed by atoms with van der Waals surface area (Å²) in [5, 5.41) is 18.3. The van der Waals surface area contributed by atoms with Gasteiger partial charge in [0, 0.05) is 6.08 Å². The minimum atomic E-state index is -0.951. The van der Waals surface area contributed by atoms with Gasteiger partial charge in [0.2, 0.25) is 0 Å². The van der Waals surface area contributed by atoms with Crippen molar-refractivity contribution in [2.24, 2.45) is 0 Å². The maximum Gasteiger partial charge on any atom is 0.328 e. The molecule has 0 aromatic carbocycles. The number of carboxylic acid groups (broad SMARTS) is 1. The number of carboxylic acids is 1. The lowest BCUT2D eigenvalue weighted by atomic mass is 10.0. The Morgan fingerprint density at radius 3 is 2.42 bits per heavy atom. The van der Waals surface area contributed by atoms with Gasteiger partial charge in [-0.3, -0.25) is 0 Å². The molecule has 0 bridgehead atoms. The van der Waals surface area contributed by atoms with Crippen LogP contribution in [-0.4, -0.2) is 34.5 Å². The highest BCUT2D eigenvalue weighted by molar-refractivity contribution is 5.80. The van der Waals surface area contributed by atoms with Crippen LogP contribution < -0.4 is 0 Å². The second kappa shape index (κ2) is 12.7. The summed E-state index contributed by atoms with van der Waals surface area (Å²) in [7, 11) is 0. The summed E-state index contributed by atoms with van der Waals surface area (Å²) in [4.78, 5) is 10.2. The normalized spacial score (nSPS) is 22.2. The lowest BCUT2D eigenvalue weighted by molar-refractivity contribution is -0.131. The molecule has 1 fully saturated rings. The van der Waals surface area contributed by atoms with Gasteiger partial charge >= 0.3 is 5.97 Å². The van der Waals surface area contributed by atoms with E-state index >= 15 is 0 Å². The molecule has 0 aliphatic carbocycles. The Hall–Kier alpha value is -1.65. The zero-order chi connectivity index (χ0) is 17.6. The van der Waals surface area contributed by atoms with Crippen molar-refractivity contribution >= 4 is 5.97 Å². The van der Waals surface area contributed by atoms with Crippen LogP contribution >= 0.6 is 0 Å². The quantitative estimate of drug-likeness (QED) is 0.229. The van der Waals surface area contributed by atoms with E-state index in [2.05, 4.69) is 6.92 Å². The Morgan fingerprint density at radius 2 is 1.75 bits per heavy atom. The van der Waals surface area contributed by atoms with Crippen LogP contribution in [0.1, 0.15) is 51.9 Å². The molecule has 4 heteroatoms. The Kier molecular flexibility index (Phi) is 10.8. The van der Waals surface area contributed by atoms with Crippen LogP contribution in [0.4, 0.5) is 0 Å². The van der Waals surface area contributed by atoms with Gasteiger partial charge in [-0.2, -0.15) is 0 Å². The highest BCUT2D eigenvalue weighted by Crippen LogP contribution is 2.29. The lowest BCUT2D eigenvalue weighted by Gasteiger charge is -2.08. The highest BCUT2D eigenvalue weighted by atomic mass is 16.6. The molecule has 0 aromatic heterocycles. The largest absolute Gasteiger partial charge is 0.478 e. The molecule has 1 heterocycles. The molecule has 2 N–H and O–H groups in total. The van der Waals surface area contributed by atoms with Crippen LogP contribution in [0, 0.1) is 0 Å². The summed E-state index contributed by atoms with van der Waals surface area (Å²) in [5.41, 5.74) is 0. The van der Waals surface area contributed by atoms with Crippen molar-refractivity contribution in [3.05, 3.63) is 48.6 Å². The first kappa shape index (κ1) is 20.4. The van der Waals surface area contributed by atoms with Gasteiger partial charge < -0.3 is 14.9 Å². The fourth-order valence-electron chi connectivity index (χ4n) is 2.52. The monoisotopic (exact) mass is 334 g/mol. The minimum Gasteiger partial charge on any atom is -0.478 e. The second-order valence-corrected chi connectivity index (χ2v) is 6.03. The third kappa shape index (κ3) is 11.0. The maximum absolute atomic E-state index is 10.2. The number of allylic oxidation sites excluding steroid dienone is 7.